The van der Waals surface area contributed by atoms with E-state index in [1.807, 2.05) is 38.2 Å². The molecule has 0 saturated carbocycles. The molecule has 0 aliphatic heterocycles. The minimum atomic E-state index is 0.438. The van der Waals surface area contributed by atoms with E-state index in [0.717, 1.165) is 22.0 Å². The summed E-state index contributed by atoms with van der Waals surface area (Å²) in [5.74, 6) is 1.36. The van der Waals surface area contributed by atoms with E-state index in [1.54, 1.807) is 4.52 Å². The lowest BCUT2D eigenvalue weighted by molar-refractivity contribution is 0.823. The Kier molecular flexibility index (Phi) is 3.69. The van der Waals surface area contributed by atoms with Crippen molar-refractivity contribution in [3.63, 3.8) is 0 Å². The topological polar surface area (TPSA) is 46.3 Å². The number of fused-ring (bicyclic) bond motifs is 1. The number of nitrogens with zero attached hydrogens (tertiary/aromatic N) is 5. The summed E-state index contributed by atoms with van der Waals surface area (Å²) in [6, 6.07) is 7.75. The summed E-state index contributed by atoms with van der Waals surface area (Å²) in [6.45, 7) is 2.62. The molecular formula is C14H13Cl2N5. The van der Waals surface area contributed by atoms with Crippen LogP contribution in [0.15, 0.2) is 30.6 Å². The lowest BCUT2D eigenvalue weighted by Gasteiger charge is -2.22. The zero-order chi connectivity index (χ0) is 15.0. The summed E-state index contributed by atoms with van der Waals surface area (Å²) in [6.07, 6.45) is 1.47. The van der Waals surface area contributed by atoms with Crippen molar-refractivity contribution >= 4 is 34.8 Å². The maximum Gasteiger partial charge on any atom is 0.255 e. The summed E-state index contributed by atoms with van der Waals surface area (Å²) in [4.78, 5) is 10.4. The van der Waals surface area contributed by atoms with Gasteiger partial charge >= 0.3 is 0 Å². The molecule has 21 heavy (non-hydrogen) atoms. The zero-order valence-electron chi connectivity index (χ0n) is 11.6. The van der Waals surface area contributed by atoms with Gasteiger partial charge in [0.1, 0.15) is 17.3 Å². The quantitative estimate of drug-likeness (QED) is 0.694. The largest absolute Gasteiger partial charge is 0.355 e. The van der Waals surface area contributed by atoms with Crippen molar-refractivity contribution in [1.29, 1.82) is 0 Å². The first-order valence-corrected chi connectivity index (χ1v) is 7.13. The third kappa shape index (κ3) is 2.66. The van der Waals surface area contributed by atoms with Crippen LogP contribution in [0.3, 0.4) is 0 Å². The van der Waals surface area contributed by atoms with Crippen molar-refractivity contribution in [3.05, 3.63) is 51.9 Å². The fourth-order valence-electron chi connectivity index (χ4n) is 2.27. The first kappa shape index (κ1) is 14.1. The maximum absolute atomic E-state index is 6.18. The zero-order valence-corrected chi connectivity index (χ0v) is 13.1. The Balaban J connectivity index is 2.01. The molecule has 2 heterocycles. The number of halogens is 2. The monoisotopic (exact) mass is 321 g/mol. The van der Waals surface area contributed by atoms with Crippen LogP contribution in [0.25, 0.3) is 5.78 Å². The van der Waals surface area contributed by atoms with E-state index >= 15 is 0 Å². The van der Waals surface area contributed by atoms with Crippen LogP contribution in [-0.4, -0.2) is 26.6 Å². The van der Waals surface area contributed by atoms with Crippen LogP contribution in [0.2, 0.25) is 10.2 Å². The molecule has 0 fully saturated rings. The normalized spacial score (nSPS) is 11.0. The molecule has 2 aromatic heterocycles. The van der Waals surface area contributed by atoms with Gasteiger partial charge in [-0.3, -0.25) is 0 Å². The van der Waals surface area contributed by atoms with Crippen LogP contribution >= 0.6 is 23.2 Å². The van der Waals surface area contributed by atoms with Gasteiger partial charge in [-0.05, 0) is 24.6 Å². The van der Waals surface area contributed by atoms with E-state index in [2.05, 4.69) is 20.0 Å². The van der Waals surface area contributed by atoms with E-state index in [9.17, 15) is 0 Å². The first-order chi connectivity index (χ1) is 10.1. The molecule has 0 amide bonds. The summed E-state index contributed by atoms with van der Waals surface area (Å²) in [5, 5.41) is 5.38. The SMILES string of the molecule is Cc1c(Cl)nc2ncnn2c1N(C)Cc1ccc(Cl)cc1. The highest BCUT2D eigenvalue weighted by molar-refractivity contribution is 6.30. The summed E-state index contributed by atoms with van der Waals surface area (Å²) >= 11 is 12.1. The predicted molar refractivity (Wildman–Crippen MR) is 84.1 cm³/mol. The van der Waals surface area contributed by atoms with Gasteiger partial charge in [-0.25, -0.2) is 0 Å². The molecule has 1 aromatic carbocycles. The summed E-state index contributed by atoms with van der Waals surface area (Å²) in [7, 11) is 1.98. The molecule has 0 aliphatic carbocycles. The van der Waals surface area contributed by atoms with Crippen molar-refractivity contribution in [2.75, 3.05) is 11.9 Å². The van der Waals surface area contributed by atoms with Crippen LogP contribution < -0.4 is 4.90 Å². The minimum Gasteiger partial charge on any atom is -0.355 e. The Morgan fingerprint density at radius 1 is 1.19 bits per heavy atom. The second-order valence-corrected chi connectivity index (χ2v) is 5.60. The van der Waals surface area contributed by atoms with Gasteiger partial charge < -0.3 is 4.90 Å². The molecule has 7 heteroatoms. The molecule has 0 bridgehead atoms. The van der Waals surface area contributed by atoms with E-state index in [-0.39, 0.29) is 0 Å². The highest BCUT2D eigenvalue weighted by atomic mass is 35.5. The standard InChI is InChI=1S/C14H13Cl2N5/c1-9-12(16)19-14-17-8-18-21(14)13(9)20(2)7-10-3-5-11(15)6-4-10/h3-6,8H,7H2,1-2H3. The van der Waals surface area contributed by atoms with Crippen LogP contribution in [0.4, 0.5) is 5.82 Å². The molecule has 0 aliphatic rings. The van der Waals surface area contributed by atoms with Gasteiger partial charge in [0.05, 0.1) is 0 Å². The Hall–Kier alpha value is -1.85. The molecule has 0 atom stereocenters. The molecule has 0 saturated heterocycles. The Morgan fingerprint density at radius 2 is 1.90 bits per heavy atom. The van der Waals surface area contributed by atoms with Gasteiger partial charge in [-0.15, -0.1) is 0 Å². The van der Waals surface area contributed by atoms with Crippen molar-refractivity contribution in [2.24, 2.45) is 0 Å². The smallest absolute Gasteiger partial charge is 0.255 e. The average molecular weight is 322 g/mol. The molecule has 0 radical (unpaired) electrons. The Morgan fingerprint density at radius 3 is 2.62 bits per heavy atom. The molecule has 0 spiro atoms. The number of anilines is 1. The van der Waals surface area contributed by atoms with Gasteiger partial charge in [0.2, 0.25) is 0 Å². The second-order valence-electron chi connectivity index (χ2n) is 4.81. The molecule has 3 aromatic rings. The van der Waals surface area contributed by atoms with Gasteiger partial charge in [-0.1, -0.05) is 35.3 Å². The predicted octanol–water partition coefficient (Wildman–Crippen LogP) is 3.38. The van der Waals surface area contributed by atoms with E-state index in [4.69, 9.17) is 23.2 Å². The fraction of sp³-hybridized carbons (Fsp3) is 0.214. The molecule has 3 rings (SSSR count). The van der Waals surface area contributed by atoms with E-state index in [1.165, 1.54) is 6.33 Å². The number of hydrogen-bond acceptors (Lipinski definition) is 4. The van der Waals surface area contributed by atoms with Crippen LogP contribution in [0.1, 0.15) is 11.1 Å². The van der Waals surface area contributed by atoms with Crippen molar-refractivity contribution in [2.45, 2.75) is 13.5 Å². The molecule has 0 unspecified atom stereocenters. The highest BCUT2D eigenvalue weighted by Gasteiger charge is 2.16. The van der Waals surface area contributed by atoms with Crippen molar-refractivity contribution in [1.82, 2.24) is 19.6 Å². The third-order valence-corrected chi connectivity index (χ3v) is 3.89. The molecule has 5 nitrogen and oxygen atoms in total. The number of benzene rings is 1. The van der Waals surface area contributed by atoms with Gasteiger partial charge in [0.25, 0.3) is 5.78 Å². The number of hydrogen-bond donors (Lipinski definition) is 0. The Labute approximate surface area is 132 Å². The fourth-order valence-corrected chi connectivity index (χ4v) is 2.56. The van der Waals surface area contributed by atoms with E-state index in [0.29, 0.717) is 17.5 Å². The minimum absolute atomic E-state index is 0.438. The van der Waals surface area contributed by atoms with Crippen molar-refractivity contribution in [3.8, 4) is 0 Å². The third-order valence-electron chi connectivity index (χ3n) is 3.27. The number of rotatable bonds is 3. The Bertz CT molecular complexity index is 782. The van der Waals surface area contributed by atoms with Gasteiger partial charge in [-0.2, -0.15) is 19.6 Å². The van der Waals surface area contributed by atoms with Crippen LogP contribution in [0.5, 0.6) is 0 Å². The maximum atomic E-state index is 6.18. The van der Waals surface area contributed by atoms with Gasteiger partial charge in [0, 0.05) is 24.2 Å². The average Bonchev–Trinajstić information content (AvgIpc) is 2.90. The van der Waals surface area contributed by atoms with Crippen LogP contribution in [0, 0.1) is 6.92 Å². The summed E-state index contributed by atoms with van der Waals surface area (Å²) in [5.41, 5.74) is 2.01. The van der Waals surface area contributed by atoms with Crippen molar-refractivity contribution < 1.29 is 0 Å². The highest BCUT2D eigenvalue weighted by Crippen LogP contribution is 2.26. The first-order valence-electron chi connectivity index (χ1n) is 6.37. The van der Waals surface area contributed by atoms with E-state index < -0.39 is 0 Å². The second kappa shape index (κ2) is 5.50. The molecule has 108 valence electrons. The lowest BCUT2D eigenvalue weighted by atomic mass is 10.2. The molecule has 0 N–H and O–H groups in total. The molecular weight excluding hydrogens is 309 g/mol. The number of aromatic nitrogens is 4. The lowest BCUT2D eigenvalue weighted by Crippen LogP contribution is -2.21. The van der Waals surface area contributed by atoms with Gasteiger partial charge in [0.15, 0.2) is 0 Å². The summed E-state index contributed by atoms with van der Waals surface area (Å²) < 4.78 is 1.69. The van der Waals surface area contributed by atoms with Crippen LogP contribution in [-0.2, 0) is 6.54 Å².